The minimum Gasteiger partial charge on any atom is -0.497 e. The van der Waals surface area contributed by atoms with Gasteiger partial charge in [-0.3, -0.25) is 9.59 Å². The monoisotopic (exact) mass is 291 g/mol. The number of rotatable bonds is 7. The molecule has 0 aliphatic heterocycles. The Balaban J connectivity index is 1.61. The van der Waals surface area contributed by atoms with E-state index in [0.717, 1.165) is 24.2 Å². The fourth-order valence-corrected chi connectivity index (χ4v) is 2.08. The Morgan fingerprint density at radius 1 is 1.29 bits per heavy atom. The first-order valence-electron chi connectivity index (χ1n) is 7.16. The highest BCUT2D eigenvalue weighted by atomic mass is 16.5. The highest BCUT2D eigenvalue weighted by Gasteiger charge is 2.40. The Kier molecular flexibility index (Phi) is 5.20. The zero-order valence-corrected chi connectivity index (χ0v) is 12.4. The summed E-state index contributed by atoms with van der Waals surface area (Å²) in [6.45, 7) is 2.33. The second-order valence-electron chi connectivity index (χ2n) is 5.38. The van der Waals surface area contributed by atoms with Crippen molar-refractivity contribution in [3.05, 3.63) is 29.8 Å². The van der Waals surface area contributed by atoms with Crippen molar-refractivity contribution in [2.45, 2.75) is 19.8 Å². The van der Waals surface area contributed by atoms with Crippen LogP contribution in [0.5, 0.6) is 5.75 Å². The molecule has 1 aliphatic carbocycles. The number of esters is 1. The van der Waals surface area contributed by atoms with Gasteiger partial charge in [-0.05, 0) is 36.5 Å². The van der Waals surface area contributed by atoms with Gasteiger partial charge in [0.25, 0.3) is 5.91 Å². The number of hydrogen-bond donors (Lipinski definition) is 1. The predicted octanol–water partition coefficient (Wildman–Crippen LogP) is 1.55. The Hall–Kier alpha value is -2.04. The molecule has 2 atom stereocenters. The SMILES string of the molecule is COc1ccc(CCNC(=O)COC(=O)[C@@H]2C[C@@H]2C)cc1. The number of carbonyl (C=O) groups is 2. The van der Waals surface area contributed by atoms with Crippen LogP contribution in [0.1, 0.15) is 18.9 Å². The Morgan fingerprint density at radius 2 is 1.95 bits per heavy atom. The van der Waals surface area contributed by atoms with Crippen LogP contribution in [-0.2, 0) is 20.7 Å². The summed E-state index contributed by atoms with van der Waals surface area (Å²) in [5, 5.41) is 2.74. The third-order valence-corrected chi connectivity index (χ3v) is 3.65. The van der Waals surface area contributed by atoms with Crippen LogP contribution < -0.4 is 10.1 Å². The van der Waals surface area contributed by atoms with Crippen molar-refractivity contribution in [3.8, 4) is 5.75 Å². The average molecular weight is 291 g/mol. The third-order valence-electron chi connectivity index (χ3n) is 3.65. The zero-order valence-electron chi connectivity index (χ0n) is 12.4. The Labute approximate surface area is 124 Å². The van der Waals surface area contributed by atoms with Crippen LogP contribution in [0.4, 0.5) is 0 Å². The molecule has 0 bridgehead atoms. The number of amides is 1. The van der Waals surface area contributed by atoms with Gasteiger partial charge in [0.1, 0.15) is 5.75 Å². The van der Waals surface area contributed by atoms with Gasteiger partial charge in [-0.1, -0.05) is 19.1 Å². The van der Waals surface area contributed by atoms with Crippen molar-refractivity contribution in [1.29, 1.82) is 0 Å². The quantitative estimate of drug-likeness (QED) is 0.774. The van der Waals surface area contributed by atoms with Crippen molar-refractivity contribution < 1.29 is 19.1 Å². The van der Waals surface area contributed by atoms with Crippen LogP contribution in [0, 0.1) is 11.8 Å². The highest BCUT2D eigenvalue weighted by Crippen LogP contribution is 2.38. The molecule has 0 radical (unpaired) electrons. The highest BCUT2D eigenvalue weighted by molar-refractivity contribution is 5.82. The Morgan fingerprint density at radius 3 is 2.52 bits per heavy atom. The van der Waals surface area contributed by atoms with Crippen LogP contribution in [0.15, 0.2) is 24.3 Å². The lowest BCUT2D eigenvalue weighted by molar-refractivity contribution is -0.150. The fourth-order valence-electron chi connectivity index (χ4n) is 2.08. The van der Waals surface area contributed by atoms with Crippen molar-refractivity contribution in [1.82, 2.24) is 5.32 Å². The maximum absolute atomic E-state index is 11.6. The van der Waals surface area contributed by atoms with Gasteiger partial charge in [-0.2, -0.15) is 0 Å². The molecule has 0 aromatic heterocycles. The Bertz CT molecular complexity index is 498. The van der Waals surface area contributed by atoms with E-state index in [2.05, 4.69) is 5.32 Å². The molecule has 5 nitrogen and oxygen atoms in total. The van der Waals surface area contributed by atoms with Crippen molar-refractivity contribution >= 4 is 11.9 Å². The smallest absolute Gasteiger partial charge is 0.309 e. The van der Waals surface area contributed by atoms with E-state index in [0.29, 0.717) is 12.5 Å². The maximum Gasteiger partial charge on any atom is 0.309 e. The average Bonchev–Trinajstić information content (AvgIpc) is 3.22. The summed E-state index contributed by atoms with van der Waals surface area (Å²) in [4.78, 5) is 23.0. The van der Waals surface area contributed by atoms with Crippen LogP contribution in [0.25, 0.3) is 0 Å². The fraction of sp³-hybridized carbons (Fsp3) is 0.500. The molecule has 2 rings (SSSR count). The largest absolute Gasteiger partial charge is 0.497 e. The number of benzene rings is 1. The van der Waals surface area contributed by atoms with Crippen molar-refractivity contribution in [2.75, 3.05) is 20.3 Å². The predicted molar refractivity (Wildman–Crippen MR) is 77.9 cm³/mol. The van der Waals surface area contributed by atoms with Gasteiger partial charge in [0.05, 0.1) is 13.0 Å². The van der Waals surface area contributed by atoms with Crippen LogP contribution >= 0.6 is 0 Å². The summed E-state index contributed by atoms with van der Waals surface area (Å²) in [5.74, 6) is 0.690. The van der Waals surface area contributed by atoms with Gasteiger partial charge in [0.15, 0.2) is 6.61 Å². The molecule has 1 aromatic carbocycles. The summed E-state index contributed by atoms with van der Waals surface area (Å²) >= 11 is 0. The van der Waals surface area contributed by atoms with Crippen molar-refractivity contribution in [3.63, 3.8) is 0 Å². The van der Waals surface area contributed by atoms with Crippen LogP contribution in [0.2, 0.25) is 0 Å². The van der Waals surface area contributed by atoms with Gasteiger partial charge in [-0.25, -0.2) is 0 Å². The van der Waals surface area contributed by atoms with Gasteiger partial charge < -0.3 is 14.8 Å². The molecule has 21 heavy (non-hydrogen) atoms. The molecule has 1 aromatic rings. The molecule has 0 saturated heterocycles. The molecule has 1 aliphatic rings. The summed E-state index contributed by atoms with van der Waals surface area (Å²) in [5.41, 5.74) is 1.11. The van der Waals surface area contributed by atoms with Gasteiger partial charge in [0, 0.05) is 6.54 Å². The second-order valence-corrected chi connectivity index (χ2v) is 5.38. The molecule has 0 unspecified atom stereocenters. The molecule has 114 valence electrons. The van der Waals surface area contributed by atoms with E-state index >= 15 is 0 Å². The van der Waals surface area contributed by atoms with Crippen LogP contribution in [-0.4, -0.2) is 32.1 Å². The van der Waals surface area contributed by atoms with E-state index in [9.17, 15) is 9.59 Å². The van der Waals surface area contributed by atoms with E-state index in [1.807, 2.05) is 31.2 Å². The first-order chi connectivity index (χ1) is 10.1. The number of hydrogen-bond acceptors (Lipinski definition) is 4. The topological polar surface area (TPSA) is 64.6 Å². The zero-order chi connectivity index (χ0) is 15.2. The minimum absolute atomic E-state index is 0.00269. The number of nitrogens with one attached hydrogen (secondary N) is 1. The third kappa shape index (κ3) is 4.77. The molecular weight excluding hydrogens is 270 g/mol. The van der Waals surface area contributed by atoms with E-state index in [1.54, 1.807) is 7.11 Å². The molecule has 0 heterocycles. The maximum atomic E-state index is 11.6. The summed E-state index contributed by atoms with van der Waals surface area (Å²) < 4.78 is 10.0. The van der Waals surface area contributed by atoms with Gasteiger partial charge in [-0.15, -0.1) is 0 Å². The normalized spacial score (nSPS) is 19.7. The lowest BCUT2D eigenvalue weighted by atomic mass is 10.1. The van der Waals surface area contributed by atoms with E-state index in [4.69, 9.17) is 9.47 Å². The second kappa shape index (κ2) is 7.11. The standard InChI is InChI=1S/C16H21NO4/c1-11-9-14(11)16(19)21-10-15(18)17-8-7-12-3-5-13(20-2)6-4-12/h3-6,11,14H,7-10H2,1-2H3,(H,17,18)/t11-,14+/m0/s1. The summed E-state index contributed by atoms with van der Waals surface area (Å²) in [6, 6.07) is 7.68. The minimum atomic E-state index is -0.259. The summed E-state index contributed by atoms with van der Waals surface area (Å²) in [6.07, 6.45) is 1.60. The molecule has 1 saturated carbocycles. The molecular formula is C16H21NO4. The number of methoxy groups -OCH3 is 1. The lowest BCUT2D eigenvalue weighted by Crippen LogP contribution is -2.30. The molecule has 5 heteroatoms. The van der Waals surface area contributed by atoms with Crippen LogP contribution in [0.3, 0.4) is 0 Å². The molecule has 1 N–H and O–H groups in total. The first-order valence-corrected chi connectivity index (χ1v) is 7.16. The summed E-state index contributed by atoms with van der Waals surface area (Å²) in [7, 11) is 1.62. The molecule has 1 fully saturated rings. The number of carbonyl (C=O) groups excluding carboxylic acids is 2. The first kappa shape index (κ1) is 15.4. The molecule has 1 amide bonds. The van der Waals surface area contributed by atoms with E-state index < -0.39 is 0 Å². The van der Waals surface area contributed by atoms with E-state index in [-0.39, 0.29) is 24.4 Å². The van der Waals surface area contributed by atoms with Gasteiger partial charge in [0.2, 0.25) is 0 Å². The van der Waals surface area contributed by atoms with Gasteiger partial charge >= 0.3 is 5.97 Å². The van der Waals surface area contributed by atoms with Crippen molar-refractivity contribution in [2.24, 2.45) is 11.8 Å². The lowest BCUT2D eigenvalue weighted by Gasteiger charge is -2.07. The number of ether oxygens (including phenoxy) is 2. The molecule has 0 spiro atoms. The van der Waals surface area contributed by atoms with E-state index in [1.165, 1.54) is 0 Å².